The van der Waals surface area contributed by atoms with Crippen LogP contribution in [0.3, 0.4) is 0 Å². The Bertz CT molecular complexity index is 798. The van der Waals surface area contributed by atoms with E-state index in [4.69, 9.17) is 4.43 Å². The van der Waals surface area contributed by atoms with Gasteiger partial charge in [0.15, 0.2) is 8.32 Å². The zero-order valence-corrected chi connectivity index (χ0v) is 23.2. The van der Waals surface area contributed by atoms with Crippen LogP contribution in [0.1, 0.15) is 43.2 Å². The van der Waals surface area contributed by atoms with E-state index >= 15 is 0 Å². The molecule has 0 aromatic heterocycles. The van der Waals surface area contributed by atoms with E-state index in [0.29, 0.717) is 5.92 Å². The van der Waals surface area contributed by atoms with Crippen LogP contribution in [0.5, 0.6) is 0 Å². The standard InChI is InChI=1S/C14H11.C11H19OSi.2ClH.Zr/c1-10-11-6-2-4-8-13(11)14-9-5-3-7-12(10)14;1-13(2,3)12-10-6-9-11-7-4-5-8-11;;;/h2-6,8-10H,1H3;4,7H,5-6,9-10H2,1-3H3;2*1H;/q2*-1;;;+4/p-2. The number of rotatable bonds is 5. The summed E-state index contributed by atoms with van der Waals surface area (Å²) >= 11 is 0. The summed E-state index contributed by atoms with van der Waals surface area (Å²) in [4.78, 5) is 0. The van der Waals surface area contributed by atoms with Gasteiger partial charge in [-0.25, -0.2) is 11.6 Å². The Balaban J connectivity index is 0.000000512. The summed E-state index contributed by atoms with van der Waals surface area (Å²) in [5, 5.41) is 0. The van der Waals surface area contributed by atoms with Gasteiger partial charge < -0.3 is 29.2 Å². The Hall–Kier alpha value is -0.440. The number of hydrogen-bond acceptors (Lipinski definition) is 1. The number of fused-ring (bicyclic) bond motifs is 3. The predicted molar refractivity (Wildman–Crippen MR) is 117 cm³/mol. The molecule has 0 bridgehead atoms. The molecule has 2 aliphatic carbocycles. The monoisotopic (exact) mass is 534 g/mol. The van der Waals surface area contributed by atoms with Crippen molar-refractivity contribution in [1.29, 1.82) is 0 Å². The maximum Gasteiger partial charge on any atom is 4.00 e. The van der Waals surface area contributed by atoms with E-state index in [9.17, 15) is 0 Å². The second kappa shape index (κ2) is 13.9. The summed E-state index contributed by atoms with van der Waals surface area (Å²) in [6, 6.07) is 18.2. The summed E-state index contributed by atoms with van der Waals surface area (Å²) in [6.45, 7) is 9.85. The zero-order chi connectivity index (χ0) is 19.3. The van der Waals surface area contributed by atoms with E-state index in [1.54, 1.807) is 0 Å². The van der Waals surface area contributed by atoms with Gasteiger partial charge in [-0.3, -0.25) is 6.08 Å². The van der Waals surface area contributed by atoms with Crippen molar-refractivity contribution in [3.63, 3.8) is 0 Å². The minimum atomic E-state index is -1.28. The van der Waals surface area contributed by atoms with Crippen LogP contribution in [0.15, 0.2) is 60.2 Å². The molecular formula is C25H30Cl2OSiZr. The molecule has 2 aromatic carbocycles. The molecule has 0 radical (unpaired) electrons. The smallest absolute Gasteiger partial charge is 1.00 e. The first-order chi connectivity index (χ1) is 13.0. The van der Waals surface area contributed by atoms with Gasteiger partial charge in [-0.2, -0.15) is 30.3 Å². The van der Waals surface area contributed by atoms with E-state index in [1.807, 2.05) is 6.07 Å². The summed E-state index contributed by atoms with van der Waals surface area (Å²) in [5.41, 5.74) is 6.88. The molecule has 0 aliphatic heterocycles. The fraction of sp³-hybridized carbons (Fsp3) is 0.360. The van der Waals surface area contributed by atoms with Crippen LogP contribution in [0.2, 0.25) is 19.6 Å². The summed E-state index contributed by atoms with van der Waals surface area (Å²) in [7, 11) is -1.28. The summed E-state index contributed by atoms with van der Waals surface area (Å²) in [5.74, 6) is 0.502. The first-order valence-corrected chi connectivity index (χ1v) is 13.4. The van der Waals surface area contributed by atoms with Crippen molar-refractivity contribution in [3.05, 3.63) is 83.5 Å². The van der Waals surface area contributed by atoms with Crippen LogP contribution >= 0.6 is 0 Å². The molecule has 1 nitrogen and oxygen atoms in total. The van der Waals surface area contributed by atoms with Gasteiger partial charge in [0.2, 0.25) is 0 Å². The van der Waals surface area contributed by atoms with Gasteiger partial charge in [0, 0.05) is 6.61 Å². The van der Waals surface area contributed by atoms with E-state index in [1.165, 1.54) is 27.8 Å². The van der Waals surface area contributed by atoms with E-state index in [2.05, 4.69) is 87.3 Å². The average molecular weight is 537 g/mol. The van der Waals surface area contributed by atoms with Crippen LogP contribution in [-0.4, -0.2) is 14.9 Å². The topological polar surface area (TPSA) is 9.23 Å². The van der Waals surface area contributed by atoms with Gasteiger partial charge in [0.05, 0.1) is 0 Å². The van der Waals surface area contributed by atoms with Crippen LogP contribution < -0.4 is 24.8 Å². The molecule has 2 aliphatic rings. The maximum absolute atomic E-state index is 5.76. The van der Waals surface area contributed by atoms with Crippen molar-refractivity contribution in [1.82, 2.24) is 0 Å². The molecule has 0 fully saturated rings. The minimum Gasteiger partial charge on any atom is -1.00 e. The van der Waals surface area contributed by atoms with Crippen LogP contribution in [0, 0.1) is 12.1 Å². The van der Waals surface area contributed by atoms with Crippen LogP contribution in [0.4, 0.5) is 0 Å². The molecule has 0 spiro atoms. The van der Waals surface area contributed by atoms with Crippen molar-refractivity contribution in [3.8, 4) is 11.1 Å². The minimum absolute atomic E-state index is 0. The first-order valence-electron chi connectivity index (χ1n) is 9.96. The van der Waals surface area contributed by atoms with Crippen molar-refractivity contribution in [2.24, 2.45) is 0 Å². The normalized spacial score (nSPS) is 15.3. The van der Waals surface area contributed by atoms with Crippen molar-refractivity contribution in [2.45, 2.75) is 51.7 Å². The van der Waals surface area contributed by atoms with Crippen molar-refractivity contribution in [2.75, 3.05) is 6.61 Å². The van der Waals surface area contributed by atoms with Gasteiger partial charge >= 0.3 is 26.2 Å². The molecule has 1 atom stereocenters. The number of allylic oxidation sites excluding steroid dienone is 4. The fourth-order valence-electron chi connectivity index (χ4n) is 3.58. The summed E-state index contributed by atoms with van der Waals surface area (Å²) < 4.78 is 5.76. The molecular weight excluding hydrogens is 506 g/mol. The predicted octanol–water partition coefficient (Wildman–Crippen LogP) is 0.932. The largest absolute Gasteiger partial charge is 4.00 e. The number of halogens is 2. The molecule has 4 rings (SSSR count). The van der Waals surface area contributed by atoms with Crippen LogP contribution in [-0.2, 0) is 30.6 Å². The third-order valence-corrected chi connectivity index (χ3v) is 6.00. The molecule has 2 aromatic rings. The Kier molecular flexibility index (Phi) is 13.7. The Morgan fingerprint density at radius 1 is 1.03 bits per heavy atom. The molecule has 0 amide bonds. The van der Waals surface area contributed by atoms with Gasteiger partial charge in [0.1, 0.15) is 0 Å². The van der Waals surface area contributed by atoms with Crippen molar-refractivity contribution >= 4 is 8.32 Å². The third kappa shape index (κ3) is 8.24. The van der Waals surface area contributed by atoms with E-state index < -0.39 is 8.32 Å². The second-order valence-electron chi connectivity index (χ2n) is 8.18. The number of hydrogen-bond donors (Lipinski definition) is 0. The quantitative estimate of drug-likeness (QED) is 0.314. The Labute approximate surface area is 215 Å². The molecule has 30 heavy (non-hydrogen) atoms. The molecule has 0 heterocycles. The van der Waals surface area contributed by atoms with E-state index in [-0.39, 0.29) is 51.0 Å². The van der Waals surface area contributed by atoms with Gasteiger partial charge in [-0.15, -0.1) is 17.5 Å². The molecule has 5 heteroatoms. The fourth-order valence-corrected chi connectivity index (χ4v) is 4.34. The first kappa shape index (κ1) is 29.6. The van der Waals surface area contributed by atoms with Gasteiger partial charge in [-0.05, 0) is 37.5 Å². The maximum atomic E-state index is 5.76. The Morgan fingerprint density at radius 3 is 2.40 bits per heavy atom. The molecule has 0 saturated heterocycles. The van der Waals surface area contributed by atoms with E-state index in [0.717, 1.165) is 25.9 Å². The second-order valence-corrected chi connectivity index (χ2v) is 12.7. The summed E-state index contributed by atoms with van der Waals surface area (Å²) in [6.07, 6.45) is 10.9. The Morgan fingerprint density at radius 2 is 1.73 bits per heavy atom. The van der Waals surface area contributed by atoms with Crippen LogP contribution in [0.25, 0.3) is 11.1 Å². The zero-order valence-electron chi connectivity index (χ0n) is 18.3. The molecule has 158 valence electrons. The third-order valence-electron chi connectivity index (χ3n) is 4.93. The molecule has 0 N–H and O–H groups in total. The molecule has 1 unspecified atom stereocenters. The van der Waals surface area contributed by atoms with Gasteiger partial charge in [0.25, 0.3) is 0 Å². The average Bonchev–Trinajstić information content (AvgIpc) is 3.27. The molecule has 0 saturated carbocycles. The number of benzene rings is 2. The van der Waals surface area contributed by atoms with Crippen molar-refractivity contribution < 1.29 is 55.4 Å². The SMILES string of the molecule is CC1c2[c-]cccc2-c2ccccc21.C[Si](C)(C)OCCCC1=[C-]CC=C1.[Cl-].[Cl-].[Zr+4]. The van der Waals surface area contributed by atoms with Gasteiger partial charge in [-0.1, -0.05) is 43.2 Å².